The number of hydrogen-bond donors (Lipinski definition) is 2. The van der Waals surface area contributed by atoms with Gasteiger partial charge in [-0.15, -0.1) is 6.58 Å². The third-order valence-electron chi connectivity index (χ3n) is 6.73. The van der Waals surface area contributed by atoms with Crippen molar-refractivity contribution in [2.75, 3.05) is 11.9 Å². The van der Waals surface area contributed by atoms with E-state index in [1.807, 2.05) is 19.3 Å². The summed E-state index contributed by atoms with van der Waals surface area (Å²) in [6, 6.07) is 5.42. The second-order valence-corrected chi connectivity index (χ2v) is 10.3. The minimum atomic E-state index is -2.84. The molecule has 2 N–H and O–H groups in total. The van der Waals surface area contributed by atoms with Gasteiger partial charge >= 0.3 is 0 Å². The van der Waals surface area contributed by atoms with Gasteiger partial charge in [-0.25, -0.2) is 13.8 Å². The molecule has 3 heterocycles. The zero-order chi connectivity index (χ0) is 25.9. The molecule has 192 valence electrons. The summed E-state index contributed by atoms with van der Waals surface area (Å²) in [6.07, 6.45) is 7.85. The van der Waals surface area contributed by atoms with Gasteiger partial charge in [0.1, 0.15) is 12.1 Å². The van der Waals surface area contributed by atoms with Gasteiger partial charge in [-0.05, 0) is 25.5 Å². The van der Waals surface area contributed by atoms with E-state index in [0.717, 1.165) is 17.8 Å². The Morgan fingerprint density at radius 3 is 2.75 bits per heavy atom. The SMILES string of the molecule is C=CCCN1C=NC2C=NC(C(=O)NC(C)c3cnc(Nc4ccc(C(F)(F)CC)cc4)s3)C(C)C21. The van der Waals surface area contributed by atoms with E-state index in [1.54, 1.807) is 24.5 Å². The van der Waals surface area contributed by atoms with Crippen molar-refractivity contribution in [2.45, 2.75) is 63.7 Å². The Balaban J connectivity index is 1.36. The number of fused-ring (bicyclic) bond motifs is 1. The van der Waals surface area contributed by atoms with E-state index in [-0.39, 0.29) is 41.9 Å². The van der Waals surface area contributed by atoms with Crippen LogP contribution in [-0.2, 0) is 10.7 Å². The van der Waals surface area contributed by atoms with Crippen LogP contribution in [0.15, 0.2) is 53.1 Å². The lowest BCUT2D eigenvalue weighted by Crippen LogP contribution is -2.53. The summed E-state index contributed by atoms with van der Waals surface area (Å²) in [7, 11) is 0. The van der Waals surface area contributed by atoms with Crippen LogP contribution in [0.3, 0.4) is 0 Å². The van der Waals surface area contributed by atoms with E-state index >= 15 is 0 Å². The van der Waals surface area contributed by atoms with Gasteiger partial charge < -0.3 is 15.5 Å². The van der Waals surface area contributed by atoms with Crippen molar-refractivity contribution in [3.63, 3.8) is 0 Å². The summed E-state index contributed by atoms with van der Waals surface area (Å²) < 4.78 is 27.7. The van der Waals surface area contributed by atoms with Crippen molar-refractivity contribution >= 4 is 40.6 Å². The number of nitrogens with zero attached hydrogens (tertiary/aromatic N) is 4. The molecular weight excluding hydrogens is 482 g/mol. The first kappa shape index (κ1) is 25.9. The first-order chi connectivity index (χ1) is 17.2. The maximum absolute atomic E-state index is 13.8. The monoisotopic (exact) mass is 514 g/mol. The molecule has 0 saturated heterocycles. The van der Waals surface area contributed by atoms with E-state index in [9.17, 15) is 13.6 Å². The van der Waals surface area contributed by atoms with Gasteiger partial charge in [0.15, 0.2) is 5.13 Å². The molecule has 4 rings (SSSR count). The average Bonchev–Trinajstić information content (AvgIpc) is 3.51. The quantitative estimate of drug-likeness (QED) is 0.421. The molecule has 1 aromatic carbocycles. The molecule has 0 aliphatic carbocycles. The molecule has 0 fully saturated rings. The van der Waals surface area contributed by atoms with E-state index < -0.39 is 12.0 Å². The first-order valence-corrected chi connectivity index (χ1v) is 13.0. The number of carbonyl (C=O) groups is 1. The molecule has 5 atom stereocenters. The van der Waals surface area contributed by atoms with Crippen LogP contribution in [0.5, 0.6) is 0 Å². The Hall–Kier alpha value is -3.14. The van der Waals surface area contributed by atoms with Gasteiger partial charge in [0.25, 0.3) is 5.92 Å². The standard InChI is InChI=1S/C26H32F2N6OS/c1-5-7-12-34-15-31-20-13-29-22(16(3)23(20)34)24(35)32-17(4)21-14-30-25(36-21)33-19-10-8-18(9-11-19)26(27,28)6-2/h5,8-11,13-17,20,22-23H,1,6-7,12H2,2-4H3,(H,30,33)(H,32,35). The Bertz CT molecular complexity index is 1130. The lowest BCUT2D eigenvalue weighted by atomic mass is 9.85. The highest BCUT2D eigenvalue weighted by molar-refractivity contribution is 7.15. The highest BCUT2D eigenvalue weighted by atomic mass is 32.1. The first-order valence-electron chi connectivity index (χ1n) is 12.2. The molecule has 1 aromatic heterocycles. The van der Waals surface area contributed by atoms with Gasteiger partial charge in [-0.3, -0.25) is 14.8 Å². The molecular formula is C26H32F2N6OS. The summed E-state index contributed by atoms with van der Waals surface area (Å²) in [6.45, 7) is 10.0. The molecule has 36 heavy (non-hydrogen) atoms. The maximum Gasteiger partial charge on any atom is 0.273 e. The van der Waals surface area contributed by atoms with Crippen molar-refractivity contribution in [3.8, 4) is 0 Å². The van der Waals surface area contributed by atoms with Crippen LogP contribution in [0.4, 0.5) is 19.6 Å². The summed E-state index contributed by atoms with van der Waals surface area (Å²) in [5, 5.41) is 6.84. The highest BCUT2D eigenvalue weighted by Gasteiger charge is 2.43. The number of halogens is 2. The predicted molar refractivity (Wildman–Crippen MR) is 142 cm³/mol. The van der Waals surface area contributed by atoms with Crippen LogP contribution in [0.1, 0.15) is 50.1 Å². The van der Waals surface area contributed by atoms with Crippen molar-refractivity contribution in [1.29, 1.82) is 0 Å². The van der Waals surface area contributed by atoms with Crippen molar-refractivity contribution in [3.05, 3.63) is 53.6 Å². The number of aliphatic imine (C=N–C) groups is 2. The molecule has 5 unspecified atom stereocenters. The molecule has 2 aliphatic heterocycles. The van der Waals surface area contributed by atoms with Crippen molar-refractivity contribution in [2.24, 2.45) is 15.9 Å². The van der Waals surface area contributed by atoms with Crippen molar-refractivity contribution in [1.82, 2.24) is 15.2 Å². The molecule has 1 amide bonds. The number of alkyl halides is 2. The fraction of sp³-hybridized carbons (Fsp3) is 0.462. The zero-order valence-corrected chi connectivity index (χ0v) is 21.5. The second kappa shape index (κ2) is 10.9. The summed E-state index contributed by atoms with van der Waals surface area (Å²) in [5.41, 5.74) is 0.661. The number of benzene rings is 1. The number of aromatic nitrogens is 1. The Kier molecular flexibility index (Phi) is 7.82. The Morgan fingerprint density at radius 2 is 2.06 bits per heavy atom. The number of rotatable bonds is 10. The Labute approximate surface area is 214 Å². The number of thiazole rings is 1. The minimum absolute atomic E-state index is 0.00117. The summed E-state index contributed by atoms with van der Waals surface area (Å²) in [4.78, 5) is 29.7. The van der Waals surface area contributed by atoms with E-state index in [2.05, 4.69) is 44.0 Å². The summed E-state index contributed by atoms with van der Waals surface area (Å²) >= 11 is 1.40. The van der Waals surface area contributed by atoms with Gasteiger partial charge in [-0.2, -0.15) is 0 Å². The highest BCUT2D eigenvalue weighted by Crippen LogP contribution is 2.33. The van der Waals surface area contributed by atoms with Crippen molar-refractivity contribution < 1.29 is 13.6 Å². The molecule has 10 heteroatoms. The molecule has 0 bridgehead atoms. The van der Waals surface area contributed by atoms with Crippen LogP contribution in [0, 0.1) is 5.92 Å². The normalized spacial score (nSPS) is 23.9. The molecule has 0 radical (unpaired) electrons. The lowest BCUT2D eigenvalue weighted by molar-refractivity contribution is -0.124. The van der Waals surface area contributed by atoms with Gasteiger partial charge in [0.05, 0.1) is 18.4 Å². The number of nitrogens with one attached hydrogen (secondary N) is 2. The largest absolute Gasteiger partial charge is 0.357 e. The second-order valence-electron chi connectivity index (χ2n) is 9.22. The maximum atomic E-state index is 13.8. The number of anilines is 2. The topological polar surface area (TPSA) is 82.0 Å². The minimum Gasteiger partial charge on any atom is -0.357 e. The smallest absolute Gasteiger partial charge is 0.273 e. The summed E-state index contributed by atoms with van der Waals surface area (Å²) in [5.74, 6) is -2.97. The van der Waals surface area contributed by atoms with Gasteiger partial charge in [0.2, 0.25) is 5.91 Å². The predicted octanol–water partition coefficient (Wildman–Crippen LogP) is 5.31. The van der Waals surface area contributed by atoms with Crippen LogP contribution < -0.4 is 10.6 Å². The zero-order valence-electron chi connectivity index (χ0n) is 20.7. The van der Waals surface area contributed by atoms with Crippen LogP contribution in [-0.4, -0.2) is 53.0 Å². The molecule has 2 aliphatic rings. The van der Waals surface area contributed by atoms with E-state index in [4.69, 9.17) is 0 Å². The van der Waals surface area contributed by atoms with Crippen LogP contribution in [0.25, 0.3) is 0 Å². The fourth-order valence-electron chi connectivity index (χ4n) is 4.56. The molecule has 2 aromatic rings. The molecule has 0 saturated carbocycles. The third-order valence-corrected chi connectivity index (χ3v) is 7.82. The van der Waals surface area contributed by atoms with Crippen LogP contribution >= 0.6 is 11.3 Å². The number of amides is 1. The van der Waals surface area contributed by atoms with Crippen LogP contribution in [0.2, 0.25) is 0 Å². The van der Waals surface area contributed by atoms with Gasteiger partial charge in [-0.1, -0.05) is 43.4 Å². The molecule has 7 nitrogen and oxygen atoms in total. The third kappa shape index (κ3) is 5.48. The van der Waals surface area contributed by atoms with Gasteiger partial charge in [0, 0.05) is 47.4 Å². The number of carbonyl (C=O) groups excluding carboxylic acids is 1. The van der Waals surface area contributed by atoms with E-state index in [1.165, 1.54) is 30.4 Å². The lowest BCUT2D eigenvalue weighted by Gasteiger charge is -2.37. The fourth-order valence-corrected chi connectivity index (χ4v) is 5.40. The van der Waals surface area contributed by atoms with E-state index in [0.29, 0.717) is 10.8 Å². The Morgan fingerprint density at radius 1 is 1.31 bits per heavy atom. The molecule has 0 spiro atoms. The average molecular weight is 515 g/mol. The number of hydrogen-bond acceptors (Lipinski definition) is 7.